The highest BCUT2D eigenvalue weighted by atomic mass is 79.9. The molecule has 0 fully saturated rings. The number of H-pyrrole nitrogens is 3. The summed E-state index contributed by atoms with van der Waals surface area (Å²) >= 11 is 3.31. The Morgan fingerprint density at radius 2 is 0.811 bits per heavy atom. The second-order valence-corrected chi connectivity index (χ2v) is 14.2. The van der Waals surface area contributed by atoms with Crippen molar-refractivity contribution in [2.45, 2.75) is 0 Å². The predicted molar refractivity (Wildman–Crippen MR) is 229 cm³/mol. The summed E-state index contributed by atoms with van der Waals surface area (Å²) in [6.45, 7) is 0. The van der Waals surface area contributed by atoms with E-state index in [-0.39, 0.29) is 0 Å². The van der Waals surface area contributed by atoms with Crippen LogP contribution in [0.5, 0.6) is 0 Å². The molecule has 5 heteroatoms. The van der Waals surface area contributed by atoms with Gasteiger partial charge >= 0.3 is 0 Å². The average Bonchev–Trinajstić information content (AvgIpc) is 3.97. The lowest BCUT2D eigenvalue weighted by Gasteiger charge is -2.07. The maximum absolute atomic E-state index is 3.66. The van der Waals surface area contributed by atoms with Gasteiger partial charge in [0, 0.05) is 75.3 Å². The Morgan fingerprint density at radius 3 is 1.43 bits per heavy atom. The van der Waals surface area contributed by atoms with Crippen LogP contribution in [0.4, 0.5) is 0 Å². The molecule has 0 aliphatic carbocycles. The van der Waals surface area contributed by atoms with Crippen LogP contribution in [0.1, 0.15) is 0 Å². The molecular formula is C48H33BrN4. The third-order valence-electron chi connectivity index (χ3n) is 10.2. The second-order valence-electron chi connectivity index (χ2n) is 13.3. The predicted octanol–water partition coefficient (Wildman–Crippen LogP) is 13.8. The number of aromatic amines is 3. The number of fused-ring (bicyclic) bond motifs is 14. The number of para-hydroxylation sites is 5. The molecule has 0 saturated carbocycles. The molecule has 0 spiro atoms. The molecule has 252 valence electrons. The van der Waals surface area contributed by atoms with Crippen molar-refractivity contribution in [3.63, 3.8) is 0 Å². The molecule has 0 bridgehead atoms. The minimum absolute atomic E-state index is 1.13. The van der Waals surface area contributed by atoms with Gasteiger partial charge in [-0.3, -0.25) is 0 Å². The Hall–Kier alpha value is -6.56. The topological polar surface area (TPSA) is 52.3 Å². The van der Waals surface area contributed by atoms with Crippen LogP contribution in [0, 0.1) is 0 Å². The molecule has 4 heterocycles. The van der Waals surface area contributed by atoms with Gasteiger partial charge in [-0.05, 0) is 60.7 Å². The number of aromatic nitrogens is 4. The van der Waals surface area contributed by atoms with E-state index in [9.17, 15) is 0 Å². The summed E-state index contributed by atoms with van der Waals surface area (Å²) in [5.74, 6) is 0. The van der Waals surface area contributed by atoms with E-state index in [0.29, 0.717) is 0 Å². The largest absolute Gasteiger partial charge is 0.354 e. The van der Waals surface area contributed by atoms with Gasteiger partial charge in [0.1, 0.15) is 0 Å². The second kappa shape index (κ2) is 12.9. The summed E-state index contributed by atoms with van der Waals surface area (Å²) in [5, 5.41) is 10.3. The summed E-state index contributed by atoms with van der Waals surface area (Å²) in [6, 6.07) is 63.6. The van der Waals surface area contributed by atoms with E-state index in [1.54, 1.807) is 0 Å². The Kier molecular flexibility index (Phi) is 7.59. The quantitative estimate of drug-likeness (QED) is 0.150. The fourth-order valence-electron chi connectivity index (χ4n) is 7.90. The first kappa shape index (κ1) is 31.2. The molecule has 8 aromatic carbocycles. The van der Waals surface area contributed by atoms with Crippen LogP contribution in [0.25, 0.3) is 92.9 Å². The first-order valence-electron chi connectivity index (χ1n) is 17.8. The molecule has 4 nitrogen and oxygen atoms in total. The molecule has 0 aliphatic rings. The van der Waals surface area contributed by atoms with Crippen LogP contribution >= 0.6 is 15.9 Å². The first-order chi connectivity index (χ1) is 26.2. The van der Waals surface area contributed by atoms with E-state index in [0.717, 1.165) is 4.47 Å². The summed E-state index contributed by atoms with van der Waals surface area (Å²) in [7, 11) is 0. The summed E-state index contributed by atoms with van der Waals surface area (Å²) in [6.07, 6.45) is 0. The molecule has 0 amide bonds. The molecule has 0 saturated heterocycles. The maximum atomic E-state index is 3.66. The lowest BCUT2D eigenvalue weighted by Crippen LogP contribution is -1.92. The van der Waals surface area contributed by atoms with Crippen molar-refractivity contribution in [1.29, 1.82) is 0 Å². The number of halogens is 1. The van der Waals surface area contributed by atoms with Gasteiger partial charge in [0.05, 0.1) is 22.1 Å². The number of hydrogen-bond donors (Lipinski definition) is 3. The smallest absolute Gasteiger partial charge is 0.0566 e. The summed E-state index contributed by atoms with van der Waals surface area (Å²) < 4.78 is 3.49. The lowest BCUT2D eigenvalue weighted by molar-refractivity contribution is 1.18. The van der Waals surface area contributed by atoms with Crippen LogP contribution < -0.4 is 0 Å². The standard InChI is InChI=1S/C24H16N2.C18H12N2.C6H5Br/c1-2-8-16(9-3-1)26-21-13-7-5-11-19(21)23-22(26)15-14-18-17-10-4-6-12-20(17)25-24(18)23;1-3-7-14-11(5-1)12-9-10-16-17(18(12)20-14)13-6-2-4-8-15(13)19-16;7-6-4-2-1-3-5-6/h1-15,25H;1-10,19-20H;1-5H. The average molecular weight is 746 g/mol. The molecule has 0 atom stereocenters. The molecule has 4 aromatic heterocycles. The lowest BCUT2D eigenvalue weighted by atomic mass is 10.1. The van der Waals surface area contributed by atoms with Gasteiger partial charge < -0.3 is 19.5 Å². The Morgan fingerprint density at radius 1 is 0.321 bits per heavy atom. The highest BCUT2D eigenvalue weighted by Crippen LogP contribution is 2.39. The molecule has 12 aromatic rings. The van der Waals surface area contributed by atoms with Gasteiger partial charge in [-0.1, -0.05) is 137 Å². The van der Waals surface area contributed by atoms with Crippen molar-refractivity contribution in [2.24, 2.45) is 0 Å². The normalized spacial score (nSPS) is 11.5. The third kappa shape index (κ3) is 5.28. The number of hydrogen-bond acceptors (Lipinski definition) is 0. The van der Waals surface area contributed by atoms with Crippen molar-refractivity contribution in [3.8, 4) is 5.69 Å². The van der Waals surface area contributed by atoms with E-state index in [2.05, 4.69) is 187 Å². The van der Waals surface area contributed by atoms with E-state index in [1.807, 2.05) is 30.3 Å². The Labute approximate surface area is 313 Å². The summed E-state index contributed by atoms with van der Waals surface area (Å²) in [5.41, 5.74) is 10.9. The van der Waals surface area contributed by atoms with Crippen LogP contribution in [0.3, 0.4) is 0 Å². The minimum atomic E-state index is 1.13. The zero-order valence-electron chi connectivity index (χ0n) is 28.6. The maximum Gasteiger partial charge on any atom is 0.0566 e. The molecule has 53 heavy (non-hydrogen) atoms. The number of nitrogens with zero attached hydrogens (tertiary/aromatic N) is 1. The van der Waals surface area contributed by atoms with Crippen LogP contribution in [-0.4, -0.2) is 19.5 Å². The van der Waals surface area contributed by atoms with Crippen LogP contribution in [-0.2, 0) is 0 Å². The molecule has 0 aliphatic heterocycles. The molecule has 0 unspecified atom stereocenters. The van der Waals surface area contributed by atoms with Crippen LogP contribution in [0.2, 0.25) is 0 Å². The first-order valence-corrected chi connectivity index (χ1v) is 18.6. The fraction of sp³-hybridized carbons (Fsp3) is 0. The number of nitrogens with one attached hydrogen (secondary N) is 3. The minimum Gasteiger partial charge on any atom is -0.354 e. The van der Waals surface area contributed by atoms with Gasteiger partial charge in [0.25, 0.3) is 0 Å². The van der Waals surface area contributed by atoms with Crippen molar-refractivity contribution in [3.05, 3.63) is 186 Å². The summed E-state index contributed by atoms with van der Waals surface area (Å²) in [4.78, 5) is 10.7. The van der Waals surface area contributed by atoms with Gasteiger partial charge in [0.15, 0.2) is 0 Å². The van der Waals surface area contributed by atoms with Gasteiger partial charge in [-0.2, -0.15) is 0 Å². The van der Waals surface area contributed by atoms with Gasteiger partial charge in [0.2, 0.25) is 0 Å². The molecule has 12 rings (SSSR count). The Balaban J connectivity index is 0.000000114. The SMILES string of the molecule is Brc1ccccc1.c1ccc(-n2c3ccccc3c3c4[nH]c5ccccc5c4ccc32)cc1.c1ccc2c(c1)[nH]c1c2ccc2[nH]c3ccccc3c21. The van der Waals surface area contributed by atoms with E-state index < -0.39 is 0 Å². The van der Waals surface area contributed by atoms with Gasteiger partial charge in [-0.15, -0.1) is 0 Å². The highest BCUT2D eigenvalue weighted by molar-refractivity contribution is 9.10. The van der Waals surface area contributed by atoms with Crippen molar-refractivity contribution < 1.29 is 0 Å². The van der Waals surface area contributed by atoms with E-state index >= 15 is 0 Å². The number of rotatable bonds is 1. The van der Waals surface area contributed by atoms with Crippen molar-refractivity contribution >= 4 is 103 Å². The monoisotopic (exact) mass is 744 g/mol. The van der Waals surface area contributed by atoms with E-state index in [4.69, 9.17) is 0 Å². The van der Waals surface area contributed by atoms with Crippen molar-refractivity contribution in [1.82, 2.24) is 19.5 Å². The molecular weight excluding hydrogens is 712 g/mol. The number of benzene rings is 8. The third-order valence-corrected chi connectivity index (χ3v) is 10.7. The van der Waals surface area contributed by atoms with Gasteiger partial charge in [-0.25, -0.2) is 0 Å². The molecule has 0 radical (unpaired) electrons. The highest BCUT2D eigenvalue weighted by Gasteiger charge is 2.16. The zero-order valence-corrected chi connectivity index (χ0v) is 30.2. The van der Waals surface area contributed by atoms with E-state index in [1.165, 1.54) is 92.9 Å². The molecule has 3 N–H and O–H groups in total. The van der Waals surface area contributed by atoms with Crippen LogP contribution in [0.15, 0.2) is 186 Å². The van der Waals surface area contributed by atoms with Crippen molar-refractivity contribution in [2.75, 3.05) is 0 Å². The zero-order chi connectivity index (χ0) is 35.3. The Bertz CT molecular complexity index is 3240. The fourth-order valence-corrected chi connectivity index (χ4v) is 8.21.